The molecule has 0 bridgehead atoms. The van der Waals surface area contributed by atoms with Gasteiger partial charge in [0.2, 0.25) is 5.91 Å². The summed E-state index contributed by atoms with van der Waals surface area (Å²) in [5, 5.41) is 5.54. The standard InChI is InChI=1S/C17H24N2O3/c1-13-7-9-15(10-8-13)22-12-17(21)18-11-16(20)19-14-5-3-2-4-6-14/h7-10,14H,2-6,11-12H2,1H3,(H,18,21)(H,19,20). The zero-order valence-electron chi connectivity index (χ0n) is 13.1. The molecule has 0 unspecified atom stereocenters. The Kier molecular flexibility index (Phi) is 6.25. The first-order valence-electron chi connectivity index (χ1n) is 7.89. The molecule has 0 saturated heterocycles. The third-order valence-corrected chi connectivity index (χ3v) is 3.81. The lowest BCUT2D eigenvalue weighted by Crippen LogP contribution is -2.43. The molecule has 0 radical (unpaired) electrons. The smallest absolute Gasteiger partial charge is 0.258 e. The molecule has 1 aromatic rings. The van der Waals surface area contributed by atoms with Gasteiger partial charge in [-0.25, -0.2) is 0 Å². The molecule has 2 N–H and O–H groups in total. The van der Waals surface area contributed by atoms with Crippen LogP contribution in [0.25, 0.3) is 0 Å². The summed E-state index contributed by atoms with van der Waals surface area (Å²) in [6.45, 7) is 1.91. The van der Waals surface area contributed by atoms with E-state index < -0.39 is 0 Å². The zero-order valence-corrected chi connectivity index (χ0v) is 13.1. The Morgan fingerprint density at radius 2 is 1.77 bits per heavy atom. The number of hydrogen-bond donors (Lipinski definition) is 2. The van der Waals surface area contributed by atoms with E-state index in [1.807, 2.05) is 31.2 Å². The third-order valence-electron chi connectivity index (χ3n) is 3.81. The van der Waals surface area contributed by atoms with Gasteiger partial charge in [0.15, 0.2) is 6.61 Å². The highest BCUT2D eigenvalue weighted by molar-refractivity contribution is 5.85. The third kappa shape index (κ3) is 5.76. The summed E-state index contributed by atoms with van der Waals surface area (Å²) in [7, 11) is 0. The number of rotatable bonds is 6. The molecule has 22 heavy (non-hydrogen) atoms. The lowest BCUT2D eigenvalue weighted by molar-refractivity contribution is -0.127. The molecule has 1 aliphatic carbocycles. The van der Waals surface area contributed by atoms with Gasteiger partial charge < -0.3 is 15.4 Å². The van der Waals surface area contributed by atoms with Crippen LogP contribution >= 0.6 is 0 Å². The molecule has 2 amide bonds. The normalized spacial score (nSPS) is 15.1. The second-order valence-corrected chi connectivity index (χ2v) is 5.78. The van der Waals surface area contributed by atoms with Crippen molar-refractivity contribution in [1.29, 1.82) is 0 Å². The summed E-state index contributed by atoms with van der Waals surface area (Å²) < 4.78 is 5.36. The maximum atomic E-state index is 11.8. The van der Waals surface area contributed by atoms with E-state index in [1.165, 1.54) is 19.3 Å². The summed E-state index contributed by atoms with van der Waals surface area (Å²) in [5.74, 6) is 0.224. The minimum Gasteiger partial charge on any atom is -0.484 e. The van der Waals surface area contributed by atoms with E-state index in [0.717, 1.165) is 18.4 Å². The Labute approximate surface area is 131 Å². The quantitative estimate of drug-likeness (QED) is 0.844. The van der Waals surface area contributed by atoms with Gasteiger partial charge in [0.25, 0.3) is 5.91 Å². The fourth-order valence-electron chi connectivity index (χ4n) is 2.54. The molecule has 0 heterocycles. The molecule has 0 aromatic heterocycles. The first-order valence-corrected chi connectivity index (χ1v) is 7.89. The molecule has 1 aromatic carbocycles. The van der Waals surface area contributed by atoms with Crippen LogP contribution in [-0.2, 0) is 9.59 Å². The van der Waals surface area contributed by atoms with Gasteiger partial charge in [0.05, 0.1) is 6.54 Å². The number of carbonyl (C=O) groups is 2. The molecule has 0 spiro atoms. The SMILES string of the molecule is Cc1ccc(OCC(=O)NCC(=O)NC2CCCCC2)cc1. The Morgan fingerprint density at radius 1 is 1.09 bits per heavy atom. The van der Waals surface area contributed by atoms with Crippen LogP contribution in [-0.4, -0.2) is 31.0 Å². The van der Waals surface area contributed by atoms with Crippen molar-refractivity contribution in [3.63, 3.8) is 0 Å². The van der Waals surface area contributed by atoms with Gasteiger partial charge in [-0.05, 0) is 31.9 Å². The maximum absolute atomic E-state index is 11.8. The summed E-state index contributed by atoms with van der Waals surface area (Å²) in [5.41, 5.74) is 1.14. The second kappa shape index (κ2) is 8.41. The lowest BCUT2D eigenvalue weighted by Gasteiger charge is -2.22. The van der Waals surface area contributed by atoms with Gasteiger partial charge in [0.1, 0.15) is 5.75 Å². The van der Waals surface area contributed by atoms with Crippen molar-refractivity contribution in [1.82, 2.24) is 10.6 Å². The van der Waals surface area contributed by atoms with E-state index in [0.29, 0.717) is 5.75 Å². The van der Waals surface area contributed by atoms with Crippen LogP contribution in [0.4, 0.5) is 0 Å². The highest BCUT2D eigenvalue weighted by Gasteiger charge is 2.15. The van der Waals surface area contributed by atoms with Crippen LogP contribution in [0, 0.1) is 6.92 Å². The van der Waals surface area contributed by atoms with Crippen molar-refractivity contribution in [2.24, 2.45) is 0 Å². The molecule has 0 atom stereocenters. The van der Waals surface area contributed by atoms with Crippen molar-refractivity contribution in [3.05, 3.63) is 29.8 Å². The second-order valence-electron chi connectivity index (χ2n) is 5.78. The first kappa shape index (κ1) is 16.3. The van der Waals surface area contributed by atoms with Crippen LogP contribution in [0.3, 0.4) is 0 Å². The maximum Gasteiger partial charge on any atom is 0.258 e. The largest absolute Gasteiger partial charge is 0.484 e. The zero-order chi connectivity index (χ0) is 15.8. The van der Waals surface area contributed by atoms with Crippen LogP contribution in [0.2, 0.25) is 0 Å². The topological polar surface area (TPSA) is 67.4 Å². The first-order chi connectivity index (χ1) is 10.6. The van der Waals surface area contributed by atoms with Gasteiger partial charge in [-0.1, -0.05) is 37.0 Å². The molecule has 1 fully saturated rings. The van der Waals surface area contributed by atoms with E-state index in [1.54, 1.807) is 0 Å². The predicted octanol–water partition coefficient (Wildman–Crippen LogP) is 1.94. The molecule has 120 valence electrons. The number of carbonyl (C=O) groups excluding carboxylic acids is 2. The van der Waals surface area contributed by atoms with Crippen molar-refractivity contribution in [2.45, 2.75) is 45.1 Å². The highest BCUT2D eigenvalue weighted by atomic mass is 16.5. The predicted molar refractivity (Wildman–Crippen MR) is 84.7 cm³/mol. The summed E-state index contributed by atoms with van der Waals surface area (Å²) in [6.07, 6.45) is 5.66. The van der Waals surface area contributed by atoms with Gasteiger partial charge >= 0.3 is 0 Å². The molecule has 1 saturated carbocycles. The van der Waals surface area contributed by atoms with E-state index >= 15 is 0 Å². The fraction of sp³-hybridized carbons (Fsp3) is 0.529. The molecule has 5 nitrogen and oxygen atoms in total. The molecular weight excluding hydrogens is 280 g/mol. The number of aryl methyl sites for hydroxylation is 1. The molecule has 5 heteroatoms. The number of amides is 2. The lowest BCUT2D eigenvalue weighted by atomic mass is 9.95. The van der Waals surface area contributed by atoms with Crippen LogP contribution in [0.5, 0.6) is 5.75 Å². The molecule has 0 aliphatic heterocycles. The minimum absolute atomic E-state index is 0.00654. The van der Waals surface area contributed by atoms with Crippen molar-refractivity contribution in [3.8, 4) is 5.75 Å². The van der Waals surface area contributed by atoms with E-state index in [4.69, 9.17) is 4.74 Å². The number of benzene rings is 1. The monoisotopic (exact) mass is 304 g/mol. The molecular formula is C17H24N2O3. The van der Waals surface area contributed by atoms with E-state index in [-0.39, 0.29) is 31.0 Å². The minimum atomic E-state index is -0.292. The number of hydrogen-bond acceptors (Lipinski definition) is 3. The Balaban J connectivity index is 1.62. The van der Waals surface area contributed by atoms with Crippen molar-refractivity contribution >= 4 is 11.8 Å². The van der Waals surface area contributed by atoms with E-state index in [9.17, 15) is 9.59 Å². The van der Waals surface area contributed by atoms with Crippen LogP contribution in [0.15, 0.2) is 24.3 Å². The Morgan fingerprint density at radius 3 is 2.45 bits per heavy atom. The Bertz CT molecular complexity index is 493. The van der Waals surface area contributed by atoms with Gasteiger partial charge in [-0.2, -0.15) is 0 Å². The van der Waals surface area contributed by atoms with E-state index in [2.05, 4.69) is 10.6 Å². The molecule has 1 aliphatic rings. The summed E-state index contributed by atoms with van der Waals surface area (Å²) in [6, 6.07) is 7.74. The van der Waals surface area contributed by atoms with Gasteiger partial charge in [-0.3, -0.25) is 9.59 Å². The van der Waals surface area contributed by atoms with Gasteiger partial charge in [0, 0.05) is 6.04 Å². The average molecular weight is 304 g/mol. The number of nitrogens with one attached hydrogen (secondary N) is 2. The van der Waals surface area contributed by atoms with Gasteiger partial charge in [-0.15, -0.1) is 0 Å². The van der Waals surface area contributed by atoms with Crippen molar-refractivity contribution < 1.29 is 14.3 Å². The van der Waals surface area contributed by atoms with Crippen LogP contribution < -0.4 is 15.4 Å². The summed E-state index contributed by atoms with van der Waals surface area (Å²) >= 11 is 0. The average Bonchev–Trinajstić information content (AvgIpc) is 2.53. The van der Waals surface area contributed by atoms with Crippen LogP contribution in [0.1, 0.15) is 37.7 Å². The van der Waals surface area contributed by atoms with Crippen molar-refractivity contribution in [2.75, 3.05) is 13.2 Å². The molecule has 2 rings (SSSR count). The number of ether oxygens (including phenoxy) is 1. The highest BCUT2D eigenvalue weighted by Crippen LogP contribution is 2.17. The summed E-state index contributed by atoms with van der Waals surface area (Å²) in [4.78, 5) is 23.4. The Hall–Kier alpha value is -2.04. The fourth-order valence-corrected chi connectivity index (χ4v) is 2.54.